The van der Waals surface area contributed by atoms with E-state index < -0.39 is 17.5 Å². The molecule has 0 amide bonds. The number of aromatic nitrogens is 4. The summed E-state index contributed by atoms with van der Waals surface area (Å²) in [6.07, 6.45) is 0. The third-order valence-electron chi connectivity index (χ3n) is 3.53. The maximum absolute atomic E-state index is 13.0. The van der Waals surface area contributed by atoms with Crippen LogP contribution in [0.5, 0.6) is 0 Å². The molecule has 3 aromatic rings. The lowest BCUT2D eigenvalue weighted by atomic mass is 10.1. The number of hydrogen-bond acceptors (Lipinski definition) is 9. The molecule has 3 rings (SSSR count). The zero-order valence-electron chi connectivity index (χ0n) is 14.2. The van der Waals surface area contributed by atoms with E-state index in [4.69, 9.17) is 15.7 Å². The van der Waals surface area contributed by atoms with Crippen LogP contribution in [0.3, 0.4) is 0 Å². The molecule has 0 aliphatic heterocycles. The maximum Gasteiger partial charge on any atom is 0.390 e. The number of carbonyl (C=O) groups excluding carboxylic acids is 1. The first kappa shape index (κ1) is 18.3. The fourth-order valence-electron chi connectivity index (χ4n) is 2.02. The Balaban J connectivity index is 2.09. The number of nitrogens with two attached hydrogens (primary N) is 1. The molecule has 11 nitrogen and oxygen atoms in total. The second-order valence-corrected chi connectivity index (χ2v) is 6.78. The molecule has 0 radical (unpaired) electrons. The van der Waals surface area contributed by atoms with Crippen molar-refractivity contribution in [1.82, 2.24) is 14.9 Å². The molecule has 0 fully saturated rings. The summed E-state index contributed by atoms with van der Waals surface area (Å²) in [6, 6.07) is 6.29. The minimum absolute atomic E-state index is 0.0701. The van der Waals surface area contributed by atoms with Gasteiger partial charge < -0.3 is 20.9 Å². The summed E-state index contributed by atoms with van der Waals surface area (Å²) in [5, 5.41) is 30.0. The molecule has 0 saturated heterocycles. The van der Waals surface area contributed by atoms with E-state index in [-0.39, 0.29) is 27.6 Å². The molecule has 2 heterocycles. The fourth-order valence-corrected chi connectivity index (χ4v) is 2.57. The van der Waals surface area contributed by atoms with Crippen molar-refractivity contribution in [3.63, 3.8) is 0 Å². The zero-order valence-corrected chi connectivity index (χ0v) is 15.0. The molecule has 3 N–H and O–H groups in total. The Bertz CT molecular complexity index is 1070. The van der Waals surface area contributed by atoms with E-state index in [9.17, 15) is 14.8 Å². The summed E-state index contributed by atoms with van der Waals surface area (Å²) in [5.74, 6) is -2.11. The summed E-state index contributed by atoms with van der Waals surface area (Å²) in [7, 11) is 0. The SMILES string of the molecule is CC(C)(ON=C(C(=O)n1n[n+]([O-])c2ccccc21)c1csc(N)n1)C(=O)O. The minimum Gasteiger partial charge on any atom is -0.691 e. The van der Waals surface area contributed by atoms with Gasteiger partial charge in [-0.15, -0.1) is 16.2 Å². The average Bonchev–Trinajstić information content (AvgIpc) is 3.19. The Morgan fingerprint density at radius 1 is 1.41 bits per heavy atom. The van der Waals surface area contributed by atoms with Gasteiger partial charge in [0.25, 0.3) is 0 Å². The largest absolute Gasteiger partial charge is 0.691 e. The molecule has 0 aliphatic rings. The maximum atomic E-state index is 13.0. The molecule has 12 heteroatoms. The average molecular weight is 390 g/mol. The predicted octanol–water partition coefficient (Wildman–Crippen LogP) is 0.633. The number of hydrogen-bond donors (Lipinski definition) is 2. The minimum atomic E-state index is -1.70. The van der Waals surface area contributed by atoms with E-state index in [0.717, 1.165) is 16.0 Å². The van der Waals surface area contributed by atoms with Gasteiger partial charge in [-0.1, -0.05) is 22.0 Å². The Kier molecular flexibility index (Phi) is 4.49. The molecule has 0 saturated carbocycles. The highest BCUT2D eigenvalue weighted by molar-refractivity contribution is 7.13. The highest BCUT2D eigenvalue weighted by Gasteiger charge is 2.33. The van der Waals surface area contributed by atoms with Gasteiger partial charge in [0.2, 0.25) is 22.3 Å². The summed E-state index contributed by atoms with van der Waals surface area (Å²) in [4.78, 5) is 33.5. The van der Waals surface area contributed by atoms with Crippen LogP contribution in [0, 0.1) is 5.21 Å². The number of nitrogens with zero attached hydrogens (tertiary/aromatic N) is 5. The van der Waals surface area contributed by atoms with Crippen molar-refractivity contribution in [2.24, 2.45) is 5.16 Å². The fraction of sp³-hybridized carbons (Fsp3) is 0.200. The summed E-state index contributed by atoms with van der Waals surface area (Å²) in [6.45, 7) is 2.54. The van der Waals surface area contributed by atoms with Crippen molar-refractivity contribution < 1.29 is 24.4 Å². The van der Waals surface area contributed by atoms with E-state index in [0.29, 0.717) is 4.85 Å². The number of nitrogen functional groups attached to an aromatic ring is 1. The number of para-hydroxylation sites is 2. The van der Waals surface area contributed by atoms with Gasteiger partial charge in [-0.05, 0) is 26.0 Å². The van der Waals surface area contributed by atoms with Crippen LogP contribution in [-0.2, 0) is 9.63 Å². The number of thiazole rings is 1. The Labute approximate surface area is 155 Å². The quantitative estimate of drug-likeness (QED) is 0.278. The van der Waals surface area contributed by atoms with Crippen molar-refractivity contribution in [3.05, 3.63) is 40.5 Å². The molecule has 140 valence electrons. The number of rotatable bonds is 5. The molecular weight excluding hydrogens is 376 g/mol. The van der Waals surface area contributed by atoms with Crippen LogP contribution in [-0.4, -0.2) is 43.2 Å². The molecule has 27 heavy (non-hydrogen) atoms. The smallest absolute Gasteiger partial charge is 0.390 e. The van der Waals surface area contributed by atoms with Crippen molar-refractivity contribution in [1.29, 1.82) is 0 Å². The van der Waals surface area contributed by atoms with Crippen LogP contribution in [0.25, 0.3) is 11.0 Å². The second-order valence-electron chi connectivity index (χ2n) is 5.89. The molecule has 0 atom stereocenters. The Morgan fingerprint density at radius 2 is 2.11 bits per heavy atom. The van der Waals surface area contributed by atoms with Crippen molar-refractivity contribution in [2.75, 3.05) is 5.73 Å². The lowest BCUT2D eigenvalue weighted by Gasteiger charge is -2.16. The monoisotopic (exact) mass is 390 g/mol. The molecule has 0 unspecified atom stereocenters. The molecule has 0 spiro atoms. The number of anilines is 1. The van der Waals surface area contributed by atoms with Gasteiger partial charge in [-0.2, -0.15) is 0 Å². The summed E-state index contributed by atoms with van der Waals surface area (Å²) >= 11 is 1.06. The normalized spacial score (nSPS) is 12.3. The summed E-state index contributed by atoms with van der Waals surface area (Å²) in [5.41, 5.74) is 4.06. The van der Waals surface area contributed by atoms with E-state index in [1.165, 1.54) is 31.4 Å². The van der Waals surface area contributed by atoms with Crippen LogP contribution in [0.2, 0.25) is 0 Å². The number of carboxylic acid groups (broad SMARTS) is 1. The predicted molar refractivity (Wildman–Crippen MR) is 95.2 cm³/mol. The van der Waals surface area contributed by atoms with Crippen molar-refractivity contribution in [3.8, 4) is 0 Å². The highest BCUT2D eigenvalue weighted by Crippen LogP contribution is 2.17. The van der Waals surface area contributed by atoms with Crippen LogP contribution in [0.1, 0.15) is 24.3 Å². The van der Waals surface area contributed by atoms with Gasteiger partial charge in [0.1, 0.15) is 10.9 Å². The molecule has 0 aliphatic carbocycles. The number of benzene rings is 1. The molecule has 0 bridgehead atoms. The number of aliphatic carboxylic acids is 1. The number of carboxylic acids is 1. The van der Waals surface area contributed by atoms with Crippen molar-refractivity contribution >= 4 is 45.1 Å². The third kappa shape index (κ3) is 3.42. The Morgan fingerprint density at radius 3 is 2.74 bits per heavy atom. The van der Waals surface area contributed by atoms with Crippen LogP contribution < -0.4 is 10.6 Å². The van der Waals surface area contributed by atoms with Gasteiger partial charge in [0, 0.05) is 5.38 Å². The van der Waals surface area contributed by atoms with E-state index in [2.05, 4.69) is 15.4 Å². The molecule has 2 aromatic heterocycles. The number of fused-ring (bicyclic) bond motifs is 1. The molecule has 1 aromatic carbocycles. The van der Waals surface area contributed by atoms with Crippen LogP contribution in [0.4, 0.5) is 5.13 Å². The zero-order chi connectivity index (χ0) is 19.8. The standard InChI is InChI=1S/C15H14N6O5S/c1-15(2,13(23)24)26-18-11(8-7-27-14(16)17-8)12(22)20-9-5-3-4-6-10(9)21(25)19-20/h3-7H,1-2H3,(H2,16,17)(H,23,24). The topological polar surface area (TPSA) is 160 Å². The number of carbonyl (C=O) groups is 2. The highest BCUT2D eigenvalue weighted by atomic mass is 32.1. The van der Waals surface area contributed by atoms with Gasteiger partial charge in [-0.25, -0.2) is 14.6 Å². The van der Waals surface area contributed by atoms with Gasteiger partial charge in [0.15, 0.2) is 5.13 Å². The van der Waals surface area contributed by atoms with Crippen LogP contribution in [0.15, 0.2) is 34.8 Å². The van der Waals surface area contributed by atoms with E-state index >= 15 is 0 Å². The third-order valence-corrected chi connectivity index (χ3v) is 4.20. The lowest BCUT2D eigenvalue weighted by molar-refractivity contribution is -0.645. The number of oxime groups is 1. The Hall–Kier alpha value is -3.54. The first-order valence-electron chi connectivity index (χ1n) is 7.54. The lowest BCUT2D eigenvalue weighted by Crippen LogP contribution is -2.35. The van der Waals surface area contributed by atoms with Gasteiger partial charge in [-0.3, -0.25) is 0 Å². The second kappa shape index (κ2) is 6.64. The van der Waals surface area contributed by atoms with Crippen LogP contribution >= 0.6 is 11.3 Å². The molecular formula is C15H14N6O5S. The first-order valence-corrected chi connectivity index (χ1v) is 8.42. The first-order chi connectivity index (χ1) is 12.7. The summed E-state index contributed by atoms with van der Waals surface area (Å²) < 4.78 is 0.841. The van der Waals surface area contributed by atoms with E-state index in [1.54, 1.807) is 12.1 Å². The van der Waals surface area contributed by atoms with Gasteiger partial charge in [0.05, 0.1) is 0 Å². The van der Waals surface area contributed by atoms with Crippen molar-refractivity contribution in [2.45, 2.75) is 19.4 Å². The van der Waals surface area contributed by atoms with E-state index in [1.807, 2.05) is 0 Å². The van der Waals surface area contributed by atoms with Gasteiger partial charge >= 0.3 is 11.9 Å².